The van der Waals surface area contributed by atoms with Crippen molar-refractivity contribution in [1.29, 1.82) is 0 Å². The molecule has 1 heterocycles. The molecule has 1 aliphatic heterocycles. The molecule has 1 spiro atoms. The third-order valence-electron chi connectivity index (χ3n) is 9.45. The Hall–Kier alpha value is -0.933. The molecule has 3 aliphatic rings. The third-order valence-corrected chi connectivity index (χ3v) is 16.4. The molecular formula is C26H40O2Si. The molecule has 0 unspecified atom stereocenters. The largest absolute Gasteiger partial charge is 0.374 e. The van der Waals surface area contributed by atoms with Crippen LogP contribution >= 0.6 is 0 Å². The van der Waals surface area contributed by atoms with E-state index in [9.17, 15) is 4.79 Å². The van der Waals surface area contributed by atoms with Gasteiger partial charge in [0.15, 0.2) is 0 Å². The highest BCUT2D eigenvalue weighted by molar-refractivity contribution is 6.95. The van der Waals surface area contributed by atoms with E-state index in [4.69, 9.17) is 4.74 Å². The molecule has 4 atom stereocenters. The quantitative estimate of drug-likeness (QED) is 0.552. The molecule has 3 heteroatoms. The van der Waals surface area contributed by atoms with Crippen molar-refractivity contribution in [3.05, 3.63) is 29.8 Å². The summed E-state index contributed by atoms with van der Waals surface area (Å²) in [5, 5.41) is 1.61. The van der Waals surface area contributed by atoms with Gasteiger partial charge in [-0.15, -0.1) is 0 Å². The average Bonchev–Trinajstić information content (AvgIpc) is 3.19. The second-order valence-electron chi connectivity index (χ2n) is 10.9. The van der Waals surface area contributed by atoms with Crippen molar-refractivity contribution in [1.82, 2.24) is 0 Å². The van der Waals surface area contributed by atoms with Crippen molar-refractivity contribution in [3.63, 3.8) is 0 Å². The monoisotopic (exact) mass is 412 g/mol. The van der Waals surface area contributed by atoms with Crippen molar-refractivity contribution in [2.45, 2.75) is 102 Å². The highest BCUT2D eigenvalue weighted by atomic mass is 28.3. The fourth-order valence-corrected chi connectivity index (χ4v) is 15.1. The maximum atomic E-state index is 13.0. The zero-order valence-electron chi connectivity index (χ0n) is 19.4. The van der Waals surface area contributed by atoms with Crippen LogP contribution in [0.25, 0.3) is 0 Å². The van der Waals surface area contributed by atoms with E-state index in [1.807, 2.05) is 0 Å². The van der Waals surface area contributed by atoms with Gasteiger partial charge in [-0.3, -0.25) is 4.79 Å². The number of ether oxygens (including phenoxy) is 1. The van der Waals surface area contributed by atoms with E-state index in [-0.39, 0.29) is 11.0 Å². The van der Waals surface area contributed by atoms with Gasteiger partial charge in [0, 0.05) is 13.0 Å². The van der Waals surface area contributed by atoms with Crippen molar-refractivity contribution < 1.29 is 9.53 Å². The van der Waals surface area contributed by atoms with Gasteiger partial charge in [-0.2, -0.15) is 0 Å². The summed E-state index contributed by atoms with van der Waals surface area (Å²) in [5.41, 5.74) is 2.93. The normalized spacial score (nSPS) is 34.7. The van der Waals surface area contributed by atoms with Crippen molar-refractivity contribution in [2.24, 2.45) is 11.3 Å². The van der Waals surface area contributed by atoms with Gasteiger partial charge in [0.1, 0.15) is 5.78 Å². The lowest BCUT2D eigenvalue weighted by molar-refractivity contribution is -0.156. The van der Waals surface area contributed by atoms with E-state index in [1.54, 1.807) is 5.19 Å². The Kier molecular flexibility index (Phi) is 5.39. The second-order valence-corrected chi connectivity index (χ2v) is 16.3. The Balaban J connectivity index is 1.82. The molecule has 2 saturated carbocycles. The first-order chi connectivity index (χ1) is 13.7. The fraction of sp³-hybridized carbons (Fsp3) is 0.731. The van der Waals surface area contributed by atoms with E-state index in [1.165, 1.54) is 12.0 Å². The van der Waals surface area contributed by atoms with Crippen LogP contribution in [0.4, 0.5) is 0 Å². The number of carbonyl (C=O) groups is 1. The first kappa shape index (κ1) is 21.3. The molecule has 2 nitrogen and oxygen atoms in total. The minimum Gasteiger partial charge on any atom is -0.374 e. The lowest BCUT2D eigenvalue weighted by atomic mass is 9.63. The Labute approximate surface area is 178 Å². The van der Waals surface area contributed by atoms with Gasteiger partial charge in [0.25, 0.3) is 0 Å². The summed E-state index contributed by atoms with van der Waals surface area (Å²) >= 11 is 0. The van der Waals surface area contributed by atoms with Gasteiger partial charge in [-0.1, -0.05) is 64.1 Å². The first-order valence-electron chi connectivity index (χ1n) is 12.0. The summed E-state index contributed by atoms with van der Waals surface area (Å²) in [6.07, 6.45) is 6.16. The standard InChI is InChI=1S/C26H40O2Si/c1-7-20-10-12-21(13-11-20)29(18(2)3,19(4)5)23-17-28-26-15-8-9-24(27)25(26,6)16-14-22(23)26/h10-13,18-19,22-23H,7-9,14-17H2,1-6H3/t22-,23-,25-,26+/m1/s1. The van der Waals surface area contributed by atoms with Crippen LogP contribution < -0.4 is 5.19 Å². The van der Waals surface area contributed by atoms with Crippen LogP contribution in [0.3, 0.4) is 0 Å². The van der Waals surface area contributed by atoms with Gasteiger partial charge in [0.2, 0.25) is 0 Å². The first-order valence-corrected chi connectivity index (χ1v) is 14.2. The fourth-order valence-electron chi connectivity index (χ4n) is 8.05. The maximum Gasteiger partial charge on any atom is 0.141 e. The number of rotatable bonds is 5. The summed E-state index contributed by atoms with van der Waals surface area (Å²) in [4.78, 5) is 13.0. The van der Waals surface area contributed by atoms with E-state index < -0.39 is 8.07 Å². The van der Waals surface area contributed by atoms with Crippen LogP contribution in [-0.2, 0) is 16.0 Å². The number of aryl methyl sites for hydroxylation is 1. The summed E-state index contributed by atoms with van der Waals surface area (Å²) < 4.78 is 6.84. The molecule has 1 saturated heterocycles. The summed E-state index contributed by atoms with van der Waals surface area (Å²) in [7, 11) is -1.89. The highest BCUT2D eigenvalue weighted by Gasteiger charge is 2.70. The number of Topliss-reactive ketones (excluding diaryl/α,β-unsaturated/α-hetero) is 1. The second kappa shape index (κ2) is 7.34. The molecule has 1 aromatic carbocycles. The van der Waals surface area contributed by atoms with Crippen LogP contribution in [0.5, 0.6) is 0 Å². The van der Waals surface area contributed by atoms with E-state index in [0.717, 1.165) is 38.7 Å². The zero-order chi connectivity index (χ0) is 21.0. The van der Waals surface area contributed by atoms with Gasteiger partial charge >= 0.3 is 0 Å². The molecule has 0 radical (unpaired) electrons. The Morgan fingerprint density at radius 3 is 2.34 bits per heavy atom. The van der Waals surface area contributed by atoms with E-state index in [0.29, 0.717) is 28.3 Å². The Morgan fingerprint density at radius 1 is 1.10 bits per heavy atom. The van der Waals surface area contributed by atoms with Crippen LogP contribution in [0, 0.1) is 11.3 Å². The molecule has 4 rings (SSSR count). The maximum absolute atomic E-state index is 13.0. The summed E-state index contributed by atoms with van der Waals surface area (Å²) in [6.45, 7) is 15.2. The van der Waals surface area contributed by atoms with Crippen LogP contribution in [0.2, 0.25) is 16.6 Å². The average molecular weight is 413 g/mol. The topological polar surface area (TPSA) is 26.3 Å². The van der Waals surface area contributed by atoms with Crippen LogP contribution in [0.15, 0.2) is 24.3 Å². The number of carbonyl (C=O) groups excluding carboxylic acids is 1. The van der Waals surface area contributed by atoms with Crippen molar-refractivity contribution >= 4 is 19.0 Å². The predicted octanol–water partition coefficient (Wildman–Crippen LogP) is 6.03. The molecule has 2 aliphatic carbocycles. The molecular weight excluding hydrogens is 372 g/mol. The molecule has 3 fully saturated rings. The molecule has 160 valence electrons. The predicted molar refractivity (Wildman–Crippen MR) is 124 cm³/mol. The minimum absolute atomic E-state index is 0.182. The number of ketones is 1. The summed E-state index contributed by atoms with van der Waals surface area (Å²) in [5.74, 6) is 1.03. The number of hydrogen-bond donors (Lipinski definition) is 0. The van der Waals surface area contributed by atoms with Gasteiger partial charge in [0.05, 0.1) is 19.1 Å². The molecule has 0 amide bonds. The van der Waals surface area contributed by atoms with Gasteiger partial charge in [-0.05, 0) is 67.1 Å². The van der Waals surface area contributed by atoms with Gasteiger partial charge < -0.3 is 4.74 Å². The lowest BCUT2D eigenvalue weighted by Gasteiger charge is -2.49. The lowest BCUT2D eigenvalue weighted by Crippen LogP contribution is -2.60. The van der Waals surface area contributed by atoms with E-state index in [2.05, 4.69) is 65.8 Å². The van der Waals surface area contributed by atoms with Gasteiger partial charge in [-0.25, -0.2) is 0 Å². The SMILES string of the molecule is CCc1ccc([Si](C(C)C)(C(C)C)[C@@H]2CO[C@]34CCCC(=O)[C@@]3(C)CC[C@H]24)cc1. The third kappa shape index (κ3) is 2.72. The van der Waals surface area contributed by atoms with Crippen LogP contribution in [0.1, 0.15) is 79.2 Å². The number of hydrogen-bond acceptors (Lipinski definition) is 2. The van der Waals surface area contributed by atoms with Crippen LogP contribution in [-0.4, -0.2) is 26.1 Å². The van der Waals surface area contributed by atoms with Crippen molar-refractivity contribution in [2.75, 3.05) is 6.61 Å². The Morgan fingerprint density at radius 2 is 1.76 bits per heavy atom. The minimum atomic E-state index is -1.89. The molecule has 0 N–H and O–H groups in total. The highest BCUT2D eigenvalue weighted by Crippen LogP contribution is 2.67. The molecule has 1 aromatic rings. The number of benzene rings is 1. The van der Waals surface area contributed by atoms with Crippen molar-refractivity contribution in [3.8, 4) is 0 Å². The van der Waals surface area contributed by atoms with E-state index >= 15 is 0 Å². The summed E-state index contributed by atoms with van der Waals surface area (Å²) in [6, 6.07) is 9.62. The molecule has 29 heavy (non-hydrogen) atoms. The zero-order valence-corrected chi connectivity index (χ0v) is 20.4. The molecule has 0 bridgehead atoms. The molecule has 0 aromatic heterocycles. The Bertz CT molecular complexity index is 759. The smallest absolute Gasteiger partial charge is 0.141 e.